The topological polar surface area (TPSA) is 142 Å². The standard InChI is InChI=1S/C19H22N4OS2.C16H16N4OS2.C3H6O/c1-10(2)23-8-11(3)16-15(9-23)26-18(21-12(4)24)17(16)19-22-13-7-20-6-5-14(13)25-19;1-8-5-18-7-12-13(8)14(15(23-12)19-9(2)21)16-20-10-6-17-4-3-11(10)22-16;1-3(2)4/h5-7,10-11H,8-9H2,1-4H3,(H,21,24);3-4,6,8,18H,5,7H2,1-2H3,(H,19,21);1-2H3. The number of Topliss-reactive ketones (excluding diaryl/α,β-unsaturated/α-hetero) is 1. The fourth-order valence-electron chi connectivity index (χ4n) is 6.56. The zero-order valence-electron chi connectivity index (χ0n) is 31.1. The fraction of sp³-hybridized carbons (Fsp3) is 0.395. The Morgan fingerprint density at radius 2 is 1.26 bits per heavy atom. The number of fused-ring (bicyclic) bond motifs is 4. The summed E-state index contributed by atoms with van der Waals surface area (Å²) < 4.78 is 2.24. The molecule has 11 nitrogen and oxygen atoms in total. The van der Waals surface area contributed by atoms with Gasteiger partial charge in [-0.1, -0.05) is 13.8 Å². The fourth-order valence-corrected chi connectivity index (χ4v) is 11.4. The van der Waals surface area contributed by atoms with Crippen LogP contribution in [0, 0.1) is 0 Å². The number of thiazole rings is 2. The lowest BCUT2D eigenvalue weighted by atomic mass is 9.92. The van der Waals surface area contributed by atoms with Crippen LogP contribution >= 0.6 is 45.3 Å². The van der Waals surface area contributed by atoms with E-state index in [1.54, 1.807) is 84.0 Å². The number of hydrogen-bond acceptors (Lipinski definition) is 13. The lowest BCUT2D eigenvalue weighted by Gasteiger charge is -2.34. The minimum atomic E-state index is -0.0479. The van der Waals surface area contributed by atoms with Crippen molar-refractivity contribution in [3.8, 4) is 21.1 Å². The highest BCUT2D eigenvalue weighted by atomic mass is 32.1. The third-order valence-corrected chi connectivity index (χ3v) is 13.1. The molecule has 2 aliphatic heterocycles. The molecule has 0 saturated carbocycles. The number of amides is 2. The maximum atomic E-state index is 11.8. The van der Waals surface area contributed by atoms with Crippen LogP contribution in [0.15, 0.2) is 36.9 Å². The highest BCUT2D eigenvalue weighted by Gasteiger charge is 2.32. The smallest absolute Gasteiger partial charge is 0.221 e. The summed E-state index contributed by atoms with van der Waals surface area (Å²) in [4.78, 5) is 55.9. The van der Waals surface area contributed by atoms with Gasteiger partial charge in [-0.25, -0.2) is 9.97 Å². The summed E-state index contributed by atoms with van der Waals surface area (Å²) in [7, 11) is 0. The average Bonchev–Trinajstić information content (AvgIpc) is 3.86. The normalized spacial score (nSPS) is 16.6. The summed E-state index contributed by atoms with van der Waals surface area (Å²) in [5.74, 6) is 0.881. The highest BCUT2D eigenvalue weighted by molar-refractivity contribution is 7.23. The number of hydrogen-bond donors (Lipinski definition) is 3. The van der Waals surface area contributed by atoms with Crippen molar-refractivity contribution in [2.45, 2.75) is 86.4 Å². The van der Waals surface area contributed by atoms with Crippen LogP contribution in [0.4, 0.5) is 10.0 Å². The van der Waals surface area contributed by atoms with Gasteiger partial charge in [-0.3, -0.25) is 24.5 Å². The Morgan fingerprint density at radius 3 is 1.74 bits per heavy atom. The van der Waals surface area contributed by atoms with Crippen LogP contribution in [0.5, 0.6) is 0 Å². The van der Waals surface area contributed by atoms with Gasteiger partial charge in [-0.15, -0.1) is 45.3 Å². The first-order chi connectivity index (χ1) is 25.3. The van der Waals surface area contributed by atoms with E-state index < -0.39 is 0 Å². The molecule has 3 N–H and O–H groups in total. The Kier molecular flexibility index (Phi) is 12.1. The van der Waals surface area contributed by atoms with Gasteiger partial charge >= 0.3 is 0 Å². The van der Waals surface area contributed by atoms with Gasteiger partial charge in [0.2, 0.25) is 11.8 Å². The molecule has 2 amide bonds. The molecule has 6 aromatic heterocycles. The van der Waals surface area contributed by atoms with Crippen LogP contribution < -0.4 is 16.0 Å². The molecule has 0 aromatic carbocycles. The number of ketones is 1. The molecule has 278 valence electrons. The molecule has 2 aliphatic rings. The van der Waals surface area contributed by atoms with E-state index in [9.17, 15) is 14.4 Å². The van der Waals surface area contributed by atoms with Gasteiger partial charge < -0.3 is 20.7 Å². The summed E-state index contributed by atoms with van der Waals surface area (Å²) in [5.41, 5.74) is 6.69. The largest absolute Gasteiger partial charge is 0.317 e. The molecular weight excluding hydrogens is 745 g/mol. The molecule has 0 fully saturated rings. The van der Waals surface area contributed by atoms with Crippen molar-refractivity contribution in [3.63, 3.8) is 0 Å². The summed E-state index contributed by atoms with van der Waals surface area (Å²) in [5, 5.41) is 13.2. The second kappa shape index (κ2) is 16.6. The second-order valence-electron chi connectivity index (χ2n) is 13.7. The first kappa shape index (κ1) is 38.7. The Hall–Kier alpha value is -3.99. The number of thiophene rings is 2. The van der Waals surface area contributed by atoms with Gasteiger partial charge in [0.05, 0.1) is 21.8 Å². The van der Waals surface area contributed by atoms with Crippen LogP contribution in [0.3, 0.4) is 0 Å². The summed E-state index contributed by atoms with van der Waals surface area (Å²) in [6.07, 6.45) is 7.17. The minimum Gasteiger partial charge on any atom is -0.317 e. The van der Waals surface area contributed by atoms with Crippen molar-refractivity contribution < 1.29 is 14.4 Å². The lowest BCUT2D eigenvalue weighted by molar-refractivity contribution is -0.115. The van der Waals surface area contributed by atoms with Crippen molar-refractivity contribution in [2.75, 3.05) is 23.7 Å². The van der Waals surface area contributed by atoms with Gasteiger partial charge in [-0.05, 0) is 62.8 Å². The predicted molar refractivity (Wildman–Crippen MR) is 221 cm³/mol. The molecular formula is C38H44N8O3S4. The average molecular weight is 789 g/mol. The maximum Gasteiger partial charge on any atom is 0.221 e. The number of nitrogens with zero attached hydrogens (tertiary/aromatic N) is 5. The van der Waals surface area contributed by atoms with E-state index in [1.807, 2.05) is 12.1 Å². The molecule has 15 heteroatoms. The van der Waals surface area contributed by atoms with E-state index in [1.165, 1.54) is 34.7 Å². The molecule has 8 heterocycles. The van der Waals surface area contributed by atoms with E-state index in [2.05, 4.69) is 58.5 Å². The van der Waals surface area contributed by atoms with Gasteiger partial charge in [0, 0.05) is 79.3 Å². The number of carbonyl (C=O) groups excluding carboxylic acids is 3. The van der Waals surface area contributed by atoms with Crippen LogP contribution in [0.1, 0.15) is 88.1 Å². The van der Waals surface area contributed by atoms with Gasteiger partial charge in [-0.2, -0.15) is 0 Å². The van der Waals surface area contributed by atoms with Crippen molar-refractivity contribution in [1.82, 2.24) is 30.2 Å². The Labute approximate surface area is 325 Å². The monoisotopic (exact) mass is 788 g/mol. The highest BCUT2D eigenvalue weighted by Crippen LogP contribution is 2.49. The van der Waals surface area contributed by atoms with Crippen molar-refractivity contribution in [2.24, 2.45) is 0 Å². The quantitative estimate of drug-likeness (QED) is 0.156. The Balaban J connectivity index is 0.000000166. The minimum absolute atomic E-state index is 0.0407. The molecule has 53 heavy (non-hydrogen) atoms. The third kappa shape index (κ3) is 8.71. The summed E-state index contributed by atoms with van der Waals surface area (Å²) in [6.45, 7) is 18.9. The number of nitrogens with one attached hydrogen (secondary N) is 3. The van der Waals surface area contributed by atoms with E-state index in [4.69, 9.17) is 9.97 Å². The Morgan fingerprint density at radius 1 is 0.774 bits per heavy atom. The van der Waals surface area contributed by atoms with E-state index in [0.29, 0.717) is 17.9 Å². The number of aromatic nitrogens is 4. The van der Waals surface area contributed by atoms with Gasteiger partial charge in [0.25, 0.3) is 0 Å². The zero-order valence-corrected chi connectivity index (χ0v) is 34.4. The zero-order chi connectivity index (χ0) is 38.0. The number of rotatable bonds is 5. The summed E-state index contributed by atoms with van der Waals surface area (Å²) in [6, 6.07) is 4.49. The third-order valence-electron chi connectivity index (χ3n) is 8.74. The number of pyridine rings is 2. The molecule has 2 atom stereocenters. The lowest BCUT2D eigenvalue weighted by Crippen LogP contribution is -2.36. The van der Waals surface area contributed by atoms with Crippen LogP contribution in [0.2, 0.25) is 0 Å². The first-order valence-corrected chi connectivity index (χ1v) is 20.8. The number of anilines is 2. The van der Waals surface area contributed by atoms with Crippen molar-refractivity contribution in [1.29, 1.82) is 0 Å². The van der Waals surface area contributed by atoms with Crippen molar-refractivity contribution in [3.05, 3.63) is 57.8 Å². The second-order valence-corrected chi connectivity index (χ2v) is 18.0. The molecule has 0 saturated heterocycles. The molecule has 0 bridgehead atoms. The molecule has 0 radical (unpaired) electrons. The molecule has 6 aromatic rings. The predicted octanol–water partition coefficient (Wildman–Crippen LogP) is 8.89. The van der Waals surface area contributed by atoms with E-state index >= 15 is 0 Å². The first-order valence-electron chi connectivity index (χ1n) is 17.5. The molecule has 0 spiro atoms. The molecule has 0 aliphatic carbocycles. The van der Waals surface area contributed by atoms with E-state index in [0.717, 1.165) is 77.8 Å². The SMILES string of the molecule is CC(=O)Nc1sc2c(c1-c1nc3cnccc3s1)C(C)CN(C(C)C)C2.CC(=O)Nc1sc2c(c1-c1nc3cnccc3s1)C(C)CNC2.CC(C)=O. The van der Waals surface area contributed by atoms with Crippen LogP contribution in [0.25, 0.3) is 41.6 Å². The summed E-state index contributed by atoms with van der Waals surface area (Å²) >= 11 is 6.68. The molecule has 2 unspecified atom stereocenters. The van der Waals surface area contributed by atoms with Crippen molar-refractivity contribution >= 4 is 93.4 Å². The van der Waals surface area contributed by atoms with Crippen LogP contribution in [-0.4, -0.2) is 61.6 Å². The van der Waals surface area contributed by atoms with Gasteiger partial charge in [0.1, 0.15) is 36.8 Å². The van der Waals surface area contributed by atoms with Crippen LogP contribution in [-0.2, 0) is 27.5 Å². The Bertz CT molecular complexity index is 2220. The maximum absolute atomic E-state index is 11.8. The van der Waals surface area contributed by atoms with E-state index in [-0.39, 0.29) is 17.6 Å². The number of carbonyl (C=O) groups is 3. The van der Waals surface area contributed by atoms with Gasteiger partial charge in [0.15, 0.2) is 0 Å². The molecule has 8 rings (SSSR count).